The first-order chi connectivity index (χ1) is 7.04. The largest absolute Gasteiger partial charge is 0.353 e. The molecular weight excluding hydrogens is 212 g/mol. The van der Waals surface area contributed by atoms with Crippen LogP contribution in [0.2, 0.25) is 0 Å². The van der Waals surface area contributed by atoms with Gasteiger partial charge in [-0.2, -0.15) is 5.26 Å². The Morgan fingerprint density at radius 1 is 1.47 bits per heavy atom. The van der Waals surface area contributed by atoms with Crippen LogP contribution in [0.25, 0.3) is 0 Å². The zero-order valence-corrected chi connectivity index (χ0v) is 10.3. The number of nitrogens with zero attached hydrogens (tertiary/aromatic N) is 1. The van der Waals surface area contributed by atoms with Crippen LogP contribution >= 0.6 is 11.6 Å². The molecule has 0 aromatic carbocycles. The molecule has 1 N–H and O–H groups in total. The number of hydrogen-bond acceptors (Lipinski definition) is 2. The van der Waals surface area contributed by atoms with Crippen LogP contribution in [0.1, 0.15) is 40.0 Å². The van der Waals surface area contributed by atoms with Gasteiger partial charge < -0.3 is 5.32 Å². The topological polar surface area (TPSA) is 52.9 Å². The molecule has 3 nitrogen and oxygen atoms in total. The fourth-order valence-electron chi connectivity index (χ4n) is 1.75. The minimum Gasteiger partial charge on any atom is -0.353 e. The molecule has 0 aliphatic rings. The Morgan fingerprint density at radius 3 is 2.40 bits per heavy atom. The predicted molar refractivity (Wildman–Crippen MR) is 61.5 cm³/mol. The Hall–Kier alpha value is -0.750. The van der Waals surface area contributed by atoms with E-state index in [0.717, 1.165) is 12.8 Å². The molecule has 0 aromatic rings. The average Bonchev–Trinajstić information content (AvgIpc) is 2.22. The van der Waals surface area contributed by atoms with E-state index in [2.05, 4.69) is 12.2 Å². The highest BCUT2D eigenvalue weighted by atomic mass is 35.5. The predicted octanol–water partition coefficient (Wildman–Crippen LogP) is 2.45. The number of halogens is 1. The summed E-state index contributed by atoms with van der Waals surface area (Å²) in [5, 5.41) is 11.1. The van der Waals surface area contributed by atoms with Crippen LogP contribution in [0.4, 0.5) is 0 Å². The third-order valence-corrected chi connectivity index (χ3v) is 2.85. The molecule has 3 unspecified atom stereocenters. The molecule has 0 aliphatic heterocycles. The van der Waals surface area contributed by atoms with Gasteiger partial charge in [-0.3, -0.25) is 4.79 Å². The molecule has 4 heteroatoms. The second kappa shape index (κ2) is 7.53. The van der Waals surface area contributed by atoms with Gasteiger partial charge in [-0.05, 0) is 18.8 Å². The van der Waals surface area contributed by atoms with Gasteiger partial charge in [-0.1, -0.05) is 20.3 Å². The van der Waals surface area contributed by atoms with Crippen molar-refractivity contribution in [3.8, 4) is 6.07 Å². The van der Waals surface area contributed by atoms with Crippen molar-refractivity contribution in [3.05, 3.63) is 0 Å². The van der Waals surface area contributed by atoms with Crippen molar-refractivity contribution in [2.75, 3.05) is 0 Å². The summed E-state index contributed by atoms with van der Waals surface area (Å²) in [6, 6.07) is 2.14. The van der Waals surface area contributed by atoms with Gasteiger partial charge in [0.1, 0.15) is 5.38 Å². The summed E-state index contributed by atoms with van der Waals surface area (Å²) in [6.45, 7) is 5.59. The number of alkyl halides is 1. The highest BCUT2D eigenvalue weighted by molar-refractivity contribution is 6.22. The number of carbonyl (C=O) groups excluding carboxylic acids is 1. The zero-order valence-electron chi connectivity index (χ0n) is 9.59. The summed E-state index contributed by atoms with van der Waals surface area (Å²) in [7, 11) is 0. The molecule has 0 rings (SSSR count). The quantitative estimate of drug-likeness (QED) is 0.713. The van der Waals surface area contributed by atoms with Crippen molar-refractivity contribution in [2.45, 2.75) is 51.5 Å². The molecule has 0 bridgehead atoms. The van der Waals surface area contributed by atoms with E-state index in [9.17, 15) is 4.79 Å². The highest BCUT2D eigenvalue weighted by Gasteiger charge is 2.21. The van der Waals surface area contributed by atoms with Gasteiger partial charge in [0.25, 0.3) is 0 Å². The van der Waals surface area contributed by atoms with E-state index in [-0.39, 0.29) is 17.9 Å². The first-order valence-corrected chi connectivity index (χ1v) is 5.79. The minimum atomic E-state index is -0.460. The van der Waals surface area contributed by atoms with E-state index < -0.39 is 5.38 Å². The maximum atomic E-state index is 11.0. The maximum Gasteiger partial charge on any atom is 0.217 e. The Kier molecular flexibility index (Phi) is 7.15. The summed E-state index contributed by atoms with van der Waals surface area (Å²) in [5.74, 6) is 0.254. The minimum absolute atomic E-state index is 0.0246. The van der Waals surface area contributed by atoms with Crippen molar-refractivity contribution in [1.82, 2.24) is 5.32 Å². The molecule has 0 saturated carbocycles. The van der Waals surface area contributed by atoms with E-state index in [0.29, 0.717) is 6.42 Å². The first kappa shape index (κ1) is 14.2. The van der Waals surface area contributed by atoms with Crippen LogP contribution in [-0.4, -0.2) is 17.3 Å². The molecule has 0 heterocycles. The van der Waals surface area contributed by atoms with Crippen molar-refractivity contribution in [1.29, 1.82) is 5.26 Å². The molecule has 0 aliphatic carbocycles. The van der Waals surface area contributed by atoms with E-state index in [1.165, 1.54) is 6.92 Å². The number of hydrogen-bond donors (Lipinski definition) is 1. The van der Waals surface area contributed by atoms with Crippen molar-refractivity contribution in [2.24, 2.45) is 5.92 Å². The molecule has 0 fully saturated rings. The van der Waals surface area contributed by atoms with Gasteiger partial charge >= 0.3 is 0 Å². The van der Waals surface area contributed by atoms with Crippen LogP contribution in [0, 0.1) is 17.2 Å². The van der Waals surface area contributed by atoms with E-state index in [1.807, 2.05) is 13.0 Å². The monoisotopic (exact) mass is 230 g/mol. The van der Waals surface area contributed by atoms with Gasteiger partial charge in [-0.15, -0.1) is 11.6 Å². The second-order valence-corrected chi connectivity index (χ2v) is 4.24. The number of nitriles is 1. The lowest BCUT2D eigenvalue weighted by Gasteiger charge is -2.26. The summed E-state index contributed by atoms with van der Waals surface area (Å²) in [4.78, 5) is 11.0. The second-order valence-electron chi connectivity index (χ2n) is 3.72. The average molecular weight is 231 g/mol. The fourth-order valence-corrected chi connectivity index (χ4v) is 1.98. The van der Waals surface area contributed by atoms with Gasteiger partial charge in [0.05, 0.1) is 6.07 Å². The van der Waals surface area contributed by atoms with E-state index in [1.54, 1.807) is 0 Å². The highest BCUT2D eigenvalue weighted by Crippen LogP contribution is 2.20. The molecule has 0 radical (unpaired) electrons. The van der Waals surface area contributed by atoms with Crippen LogP contribution in [0.5, 0.6) is 0 Å². The van der Waals surface area contributed by atoms with Crippen LogP contribution in [-0.2, 0) is 4.79 Å². The lowest BCUT2D eigenvalue weighted by Crippen LogP contribution is -2.39. The Bertz CT molecular complexity index is 237. The summed E-state index contributed by atoms with van der Waals surface area (Å²) < 4.78 is 0. The third-order valence-electron chi connectivity index (χ3n) is 2.57. The summed E-state index contributed by atoms with van der Waals surface area (Å²) >= 11 is 5.80. The Morgan fingerprint density at radius 2 is 2.07 bits per heavy atom. The summed E-state index contributed by atoms with van der Waals surface area (Å²) in [6.07, 6.45) is 2.42. The molecule has 0 spiro atoms. The van der Waals surface area contributed by atoms with Gasteiger partial charge in [0.15, 0.2) is 0 Å². The van der Waals surface area contributed by atoms with E-state index >= 15 is 0 Å². The Labute approximate surface area is 96.8 Å². The van der Waals surface area contributed by atoms with Gasteiger partial charge in [0.2, 0.25) is 5.91 Å². The zero-order chi connectivity index (χ0) is 11.8. The van der Waals surface area contributed by atoms with Crippen molar-refractivity contribution in [3.63, 3.8) is 0 Å². The number of rotatable bonds is 6. The number of amides is 1. The maximum absolute atomic E-state index is 11.0. The van der Waals surface area contributed by atoms with Gasteiger partial charge in [0, 0.05) is 13.0 Å². The standard InChI is InChI=1S/C11H19ClN2O/c1-4-9(6-10(12)7-13)11(5-2)14-8(3)15/h9-11H,4-6H2,1-3H3,(H,14,15). The molecular formula is C11H19ClN2O. The molecule has 3 atom stereocenters. The van der Waals surface area contributed by atoms with Gasteiger partial charge in [-0.25, -0.2) is 0 Å². The number of nitrogens with one attached hydrogen (secondary N) is 1. The Balaban J connectivity index is 4.34. The van der Waals surface area contributed by atoms with Crippen LogP contribution < -0.4 is 5.32 Å². The molecule has 0 aromatic heterocycles. The van der Waals surface area contributed by atoms with Crippen molar-refractivity contribution < 1.29 is 4.79 Å². The summed E-state index contributed by atoms with van der Waals surface area (Å²) in [5.41, 5.74) is 0. The third kappa shape index (κ3) is 5.64. The smallest absolute Gasteiger partial charge is 0.217 e. The fraction of sp³-hybridized carbons (Fsp3) is 0.818. The normalized spacial score (nSPS) is 16.2. The van der Waals surface area contributed by atoms with E-state index in [4.69, 9.17) is 16.9 Å². The SMILES string of the molecule is CCC(CC(Cl)C#N)C(CC)NC(C)=O. The molecule has 0 saturated heterocycles. The molecule has 86 valence electrons. The lowest BCUT2D eigenvalue weighted by molar-refractivity contribution is -0.120. The van der Waals surface area contributed by atoms with Crippen LogP contribution in [0.15, 0.2) is 0 Å². The van der Waals surface area contributed by atoms with Crippen LogP contribution in [0.3, 0.4) is 0 Å². The van der Waals surface area contributed by atoms with Crippen molar-refractivity contribution >= 4 is 17.5 Å². The number of carbonyl (C=O) groups is 1. The first-order valence-electron chi connectivity index (χ1n) is 5.35. The lowest BCUT2D eigenvalue weighted by atomic mass is 9.90. The molecule has 1 amide bonds. The molecule has 15 heavy (non-hydrogen) atoms.